The van der Waals surface area contributed by atoms with Crippen LogP contribution in [0.1, 0.15) is 29.5 Å². The Bertz CT molecular complexity index is 636. The van der Waals surface area contributed by atoms with Crippen LogP contribution in [0.4, 0.5) is 0 Å². The van der Waals surface area contributed by atoms with Gasteiger partial charge >= 0.3 is 0 Å². The number of nitrogens with zero attached hydrogens (tertiary/aromatic N) is 1. The zero-order chi connectivity index (χ0) is 15.5. The second-order valence-electron chi connectivity index (χ2n) is 5.41. The number of nitrogens with one attached hydrogen (secondary N) is 1. The highest BCUT2D eigenvalue weighted by Crippen LogP contribution is 2.37. The Kier molecular flexibility index (Phi) is 4.29. The third kappa shape index (κ3) is 2.92. The third-order valence-electron chi connectivity index (χ3n) is 4.05. The monoisotopic (exact) mass is 318 g/mol. The molecular formula is C16H18N2O3S. The van der Waals surface area contributed by atoms with Gasteiger partial charge in [0.25, 0.3) is 0 Å². The molecule has 6 heteroatoms. The Hall–Kier alpha value is -2.08. The molecule has 0 saturated carbocycles. The number of hydrogen-bond acceptors (Lipinski definition) is 4. The minimum Gasteiger partial charge on any atom is -0.467 e. The Morgan fingerprint density at radius 2 is 2.32 bits per heavy atom. The first kappa shape index (κ1) is 14.8. The van der Waals surface area contributed by atoms with Crippen LogP contribution in [0.25, 0.3) is 0 Å². The van der Waals surface area contributed by atoms with Crippen LogP contribution in [-0.4, -0.2) is 23.8 Å². The Morgan fingerprint density at radius 1 is 1.45 bits per heavy atom. The first-order chi connectivity index (χ1) is 10.7. The lowest BCUT2D eigenvalue weighted by Crippen LogP contribution is -2.45. The highest BCUT2D eigenvalue weighted by Gasteiger charge is 2.39. The lowest BCUT2D eigenvalue weighted by Gasteiger charge is -2.37. The van der Waals surface area contributed by atoms with Gasteiger partial charge in [-0.05, 0) is 30.0 Å². The SMILES string of the molecule is CN1C(=O)CC[C@@H](C(=O)NCc2ccco2)[C@@H]1c1cccs1. The lowest BCUT2D eigenvalue weighted by atomic mass is 9.87. The van der Waals surface area contributed by atoms with Gasteiger partial charge in [0, 0.05) is 18.3 Å². The van der Waals surface area contributed by atoms with E-state index in [-0.39, 0.29) is 23.8 Å². The summed E-state index contributed by atoms with van der Waals surface area (Å²) in [5.41, 5.74) is 0. The minimum absolute atomic E-state index is 0.0332. The van der Waals surface area contributed by atoms with Crippen LogP contribution < -0.4 is 5.32 Å². The molecule has 2 aromatic heterocycles. The van der Waals surface area contributed by atoms with E-state index in [1.165, 1.54) is 0 Å². The van der Waals surface area contributed by atoms with Crippen molar-refractivity contribution in [3.63, 3.8) is 0 Å². The normalized spacial score (nSPS) is 21.9. The fraction of sp³-hybridized carbons (Fsp3) is 0.375. The summed E-state index contributed by atoms with van der Waals surface area (Å²) < 4.78 is 5.23. The molecule has 1 saturated heterocycles. The van der Waals surface area contributed by atoms with Crippen molar-refractivity contribution in [2.24, 2.45) is 5.92 Å². The molecule has 0 spiro atoms. The number of thiophene rings is 1. The van der Waals surface area contributed by atoms with Gasteiger partial charge in [0.15, 0.2) is 0 Å². The molecule has 2 atom stereocenters. The van der Waals surface area contributed by atoms with Crippen molar-refractivity contribution in [1.82, 2.24) is 10.2 Å². The number of furan rings is 1. The van der Waals surface area contributed by atoms with Crippen molar-refractivity contribution < 1.29 is 14.0 Å². The number of rotatable bonds is 4. The summed E-state index contributed by atoms with van der Waals surface area (Å²) in [7, 11) is 1.78. The largest absolute Gasteiger partial charge is 0.467 e. The standard InChI is InChI=1S/C16H18N2O3S/c1-18-14(19)7-6-12(15(18)13-5-3-9-22-13)16(20)17-10-11-4-2-8-21-11/h2-5,8-9,12,15H,6-7,10H2,1H3,(H,17,20)/t12-,15-/m1/s1. The second-order valence-corrected chi connectivity index (χ2v) is 6.39. The molecule has 116 valence electrons. The summed E-state index contributed by atoms with van der Waals surface area (Å²) in [5.74, 6) is 0.556. The zero-order valence-corrected chi connectivity index (χ0v) is 13.1. The van der Waals surface area contributed by atoms with Crippen molar-refractivity contribution in [2.75, 3.05) is 7.05 Å². The number of carbonyl (C=O) groups excluding carboxylic acids is 2. The van der Waals surface area contributed by atoms with Crippen LogP contribution in [0, 0.1) is 5.92 Å². The molecule has 2 amide bonds. The van der Waals surface area contributed by atoms with E-state index in [1.807, 2.05) is 23.6 Å². The van der Waals surface area contributed by atoms with E-state index in [9.17, 15) is 9.59 Å². The van der Waals surface area contributed by atoms with Crippen LogP contribution in [0.2, 0.25) is 0 Å². The Balaban J connectivity index is 1.74. The summed E-state index contributed by atoms with van der Waals surface area (Å²) >= 11 is 1.58. The van der Waals surface area contributed by atoms with Gasteiger partial charge in [-0.25, -0.2) is 0 Å². The van der Waals surface area contributed by atoms with Crippen molar-refractivity contribution in [1.29, 1.82) is 0 Å². The molecule has 1 aliphatic rings. The third-order valence-corrected chi connectivity index (χ3v) is 4.99. The van der Waals surface area contributed by atoms with Crippen LogP contribution in [-0.2, 0) is 16.1 Å². The molecule has 22 heavy (non-hydrogen) atoms. The van der Waals surface area contributed by atoms with Gasteiger partial charge in [0.05, 0.1) is 24.8 Å². The van der Waals surface area contributed by atoms with E-state index in [4.69, 9.17) is 4.42 Å². The maximum Gasteiger partial charge on any atom is 0.225 e. The van der Waals surface area contributed by atoms with Crippen molar-refractivity contribution in [3.05, 3.63) is 46.5 Å². The molecule has 5 nitrogen and oxygen atoms in total. The van der Waals surface area contributed by atoms with Crippen molar-refractivity contribution in [2.45, 2.75) is 25.4 Å². The van der Waals surface area contributed by atoms with Gasteiger partial charge in [-0.15, -0.1) is 11.3 Å². The summed E-state index contributed by atoms with van der Waals surface area (Å²) in [6.45, 7) is 0.372. The van der Waals surface area contributed by atoms with E-state index in [0.717, 1.165) is 10.6 Å². The van der Waals surface area contributed by atoms with Gasteiger partial charge in [-0.2, -0.15) is 0 Å². The van der Waals surface area contributed by atoms with Gasteiger partial charge in [-0.3, -0.25) is 9.59 Å². The maximum atomic E-state index is 12.6. The van der Waals surface area contributed by atoms with E-state index in [1.54, 1.807) is 35.6 Å². The quantitative estimate of drug-likeness (QED) is 0.942. The molecule has 0 aliphatic carbocycles. The Morgan fingerprint density at radius 3 is 3.00 bits per heavy atom. The molecule has 0 unspecified atom stereocenters. The van der Waals surface area contributed by atoms with Crippen LogP contribution >= 0.6 is 11.3 Å². The van der Waals surface area contributed by atoms with Gasteiger partial charge in [0.2, 0.25) is 11.8 Å². The van der Waals surface area contributed by atoms with Crippen LogP contribution in [0.15, 0.2) is 40.3 Å². The molecule has 1 fully saturated rings. The summed E-state index contributed by atoms with van der Waals surface area (Å²) in [4.78, 5) is 27.3. The Labute approximate surface area is 132 Å². The summed E-state index contributed by atoms with van der Waals surface area (Å²) in [6, 6.07) is 7.37. The number of amides is 2. The molecule has 1 aliphatic heterocycles. The van der Waals surface area contributed by atoms with Gasteiger partial charge in [0.1, 0.15) is 5.76 Å². The van der Waals surface area contributed by atoms with Crippen LogP contribution in [0.3, 0.4) is 0 Å². The molecule has 0 bridgehead atoms. The molecule has 3 heterocycles. The van der Waals surface area contributed by atoms with E-state index in [2.05, 4.69) is 5.32 Å². The molecular weight excluding hydrogens is 300 g/mol. The van der Waals surface area contributed by atoms with Crippen molar-refractivity contribution >= 4 is 23.2 Å². The second kappa shape index (κ2) is 6.36. The zero-order valence-electron chi connectivity index (χ0n) is 12.3. The number of carbonyl (C=O) groups is 2. The van der Waals surface area contributed by atoms with Crippen molar-refractivity contribution in [3.8, 4) is 0 Å². The van der Waals surface area contributed by atoms with E-state index < -0.39 is 0 Å². The molecule has 2 aromatic rings. The maximum absolute atomic E-state index is 12.6. The van der Waals surface area contributed by atoms with E-state index in [0.29, 0.717) is 19.4 Å². The van der Waals surface area contributed by atoms with E-state index >= 15 is 0 Å². The topological polar surface area (TPSA) is 62.6 Å². The molecule has 0 radical (unpaired) electrons. The molecule has 0 aromatic carbocycles. The fourth-order valence-electron chi connectivity index (χ4n) is 2.88. The van der Waals surface area contributed by atoms with Gasteiger partial charge < -0.3 is 14.6 Å². The number of piperidine rings is 1. The summed E-state index contributed by atoms with van der Waals surface area (Å²) in [6.07, 6.45) is 2.58. The average Bonchev–Trinajstić information content (AvgIpc) is 3.20. The summed E-state index contributed by atoms with van der Waals surface area (Å²) in [5, 5.41) is 4.89. The highest BCUT2D eigenvalue weighted by molar-refractivity contribution is 7.10. The first-order valence-electron chi connectivity index (χ1n) is 7.26. The number of likely N-dealkylation sites (tertiary alicyclic amines) is 1. The van der Waals surface area contributed by atoms with Gasteiger partial charge in [-0.1, -0.05) is 6.07 Å². The smallest absolute Gasteiger partial charge is 0.225 e. The minimum atomic E-state index is -0.226. The first-order valence-corrected chi connectivity index (χ1v) is 8.14. The highest BCUT2D eigenvalue weighted by atomic mass is 32.1. The lowest BCUT2D eigenvalue weighted by molar-refractivity contribution is -0.141. The fourth-order valence-corrected chi connectivity index (χ4v) is 3.81. The van der Waals surface area contributed by atoms with Crippen LogP contribution in [0.5, 0.6) is 0 Å². The molecule has 1 N–H and O–H groups in total. The number of hydrogen-bond donors (Lipinski definition) is 1. The molecule has 3 rings (SSSR count). The predicted molar refractivity (Wildman–Crippen MR) is 83.1 cm³/mol. The average molecular weight is 318 g/mol. The predicted octanol–water partition coefficient (Wildman–Crippen LogP) is 2.57.